The van der Waals surface area contributed by atoms with Crippen molar-refractivity contribution in [3.8, 4) is 0 Å². The smallest absolute Gasteiger partial charge is 0.257 e. The number of rotatable bonds is 4. The van der Waals surface area contributed by atoms with E-state index in [2.05, 4.69) is 15.6 Å². The molecular weight excluding hydrogens is 332 g/mol. The Labute approximate surface area is 151 Å². The van der Waals surface area contributed by atoms with Crippen LogP contribution in [0.2, 0.25) is 0 Å². The number of carbonyl (C=O) groups excluding carboxylic acids is 3. The molecular formula is C19H20N4O3. The zero-order chi connectivity index (χ0) is 18.5. The minimum Gasteiger partial charge on any atom is -0.339 e. The van der Waals surface area contributed by atoms with Crippen molar-refractivity contribution in [1.29, 1.82) is 0 Å². The van der Waals surface area contributed by atoms with E-state index >= 15 is 0 Å². The molecule has 1 aliphatic rings. The van der Waals surface area contributed by atoms with E-state index in [0.717, 1.165) is 25.9 Å². The lowest BCUT2D eigenvalue weighted by Gasteiger charge is -2.15. The van der Waals surface area contributed by atoms with Gasteiger partial charge in [0.15, 0.2) is 0 Å². The third-order valence-corrected chi connectivity index (χ3v) is 4.10. The molecule has 7 nitrogen and oxygen atoms in total. The van der Waals surface area contributed by atoms with E-state index in [4.69, 9.17) is 0 Å². The lowest BCUT2D eigenvalue weighted by molar-refractivity contribution is -0.114. The molecule has 1 aromatic carbocycles. The quantitative estimate of drug-likeness (QED) is 0.884. The van der Waals surface area contributed by atoms with Crippen molar-refractivity contribution < 1.29 is 14.4 Å². The summed E-state index contributed by atoms with van der Waals surface area (Å²) in [5, 5.41) is 5.42. The van der Waals surface area contributed by atoms with Gasteiger partial charge < -0.3 is 15.5 Å². The van der Waals surface area contributed by atoms with Gasteiger partial charge in [-0.15, -0.1) is 0 Å². The van der Waals surface area contributed by atoms with Crippen LogP contribution in [0.4, 0.5) is 11.4 Å². The molecule has 0 spiro atoms. The average Bonchev–Trinajstić information content (AvgIpc) is 3.17. The summed E-state index contributed by atoms with van der Waals surface area (Å²) < 4.78 is 0. The zero-order valence-electron chi connectivity index (χ0n) is 14.5. The molecule has 1 aliphatic heterocycles. The molecule has 0 radical (unpaired) electrons. The Bertz CT molecular complexity index is 827. The zero-order valence-corrected chi connectivity index (χ0v) is 14.5. The van der Waals surface area contributed by atoms with E-state index in [1.165, 1.54) is 19.3 Å². The third kappa shape index (κ3) is 4.24. The predicted molar refractivity (Wildman–Crippen MR) is 98.1 cm³/mol. The first-order chi connectivity index (χ1) is 12.5. The van der Waals surface area contributed by atoms with Crippen LogP contribution in [-0.4, -0.2) is 40.7 Å². The summed E-state index contributed by atoms with van der Waals surface area (Å²) in [7, 11) is 0. The summed E-state index contributed by atoms with van der Waals surface area (Å²) >= 11 is 0. The highest BCUT2D eigenvalue weighted by molar-refractivity contribution is 6.06. The van der Waals surface area contributed by atoms with Crippen LogP contribution in [0.5, 0.6) is 0 Å². The highest BCUT2D eigenvalue weighted by atomic mass is 16.2. The van der Waals surface area contributed by atoms with E-state index in [-0.39, 0.29) is 17.7 Å². The monoisotopic (exact) mass is 352 g/mol. The fourth-order valence-electron chi connectivity index (χ4n) is 2.83. The van der Waals surface area contributed by atoms with Gasteiger partial charge in [0.05, 0.1) is 11.1 Å². The van der Waals surface area contributed by atoms with E-state index in [9.17, 15) is 14.4 Å². The maximum atomic E-state index is 12.4. The van der Waals surface area contributed by atoms with Crippen LogP contribution in [0.25, 0.3) is 0 Å². The molecule has 7 heteroatoms. The Morgan fingerprint density at radius 3 is 2.12 bits per heavy atom. The van der Waals surface area contributed by atoms with Crippen LogP contribution in [0, 0.1) is 0 Å². The van der Waals surface area contributed by atoms with Crippen LogP contribution in [0.3, 0.4) is 0 Å². The molecule has 1 aromatic heterocycles. The van der Waals surface area contributed by atoms with Gasteiger partial charge in [0.2, 0.25) is 5.91 Å². The van der Waals surface area contributed by atoms with Crippen molar-refractivity contribution in [2.45, 2.75) is 19.8 Å². The van der Waals surface area contributed by atoms with Crippen molar-refractivity contribution >= 4 is 29.1 Å². The van der Waals surface area contributed by atoms with Gasteiger partial charge in [-0.2, -0.15) is 0 Å². The van der Waals surface area contributed by atoms with Gasteiger partial charge in [-0.25, -0.2) is 0 Å². The molecule has 0 saturated carbocycles. The molecule has 2 aromatic rings. The molecule has 0 bridgehead atoms. The largest absolute Gasteiger partial charge is 0.339 e. The van der Waals surface area contributed by atoms with Gasteiger partial charge >= 0.3 is 0 Å². The van der Waals surface area contributed by atoms with Crippen molar-refractivity contribution in [3.05, 3.63) is 53.9 Å². The minimum atomic E-state index is -0.346. The van der Waals surface area contributed by atoms with Gasteiger partial charge in [0, 0.05) is 43.8 Å². The van der Waals surface area contributed by atoms with E-state index < -0.39 is 0 Å². The van der Waals surface area contributed by atoms with Crippen LogP contribution in [0.1, 0.15) is 40.5 Å². The molecule has 2 N–H and O–H groups in total. The number of benzene rings is 1. The number of nitrogens with one attached hydrogen (secondary N) is 2. The Balaban J connectivity index is 1.68. The Kier molecular flexibility index (Phi) is 5.26. The summed E-state index contributed by atoms with van der Waals surface area (Å²) in [6.07, 6.45) is 4.93. The molecule has 0 atom stereocenters. The fraction of sp³-hybridized carbons (Fsp3) is 0.263. The van der Waals surface area contributed by atoms with Crippen LogP contribution in [0.15, 0.2) is 42.7 Å². The number of amides is 3. The summed E-state index contributed by atoms with van der Waals surface area (Å²) in [5.41, 5.74) is 1.97. The molecule has 26 heavy (non-hydrogen) atoms. The summed E-state index contributed by atoms with van der Waals surface area (Å²) in [6, 6.07) is 8.34. The summed E-state index contributed by atoms with van der Waals surface area (Å²) in [6.45, 7) is 2.92. The second kappa shape index (κ2) is 7.77. The first-order valence-corrected chi connectivity index (χ1v) is 8.46. The molecule has 2 heterocycles. The van der Waals surface area contributed by atoms with Gasteiger partial charge in [-0.05, 0) is 43.2 Å². The standard InChI is InChI=1S/C19H20N4O3/c1-13(24)21-16-4-6-17(7-5-16)22-18(25)14-10-15(12-20-11-14)19(26)23-8-2-3-9-23/h4-7,10-12H,2-3,8-9H2,1H3,(H,21,24)(H,22,25). The maximum absolute atomic E-state index is 12.4. The first kappa shape index (κ1) is 17.6. The average molecular weight is 352 g/mol. The number of aromatic nitrogens is 1. The van der Waals surface area contributed by atoms with Gasteiger partial charge in [-0.1, -0.05) is 0 Å². The number of anilines is 2. The minimum absolute atomic E-state index is 0.0932. The number of nitrogens with zero attached hydrogens (tertiary/aromatic N) is 2. The third-order valence-electron chi connectivity index (χ3n) is 4.10. The van der Waals surface area contributed by atoms with Gasteiger partial charge in [-0.3, -0.25) is 19.4 Å². The molecule has 134 valence electrons. The van der Waals surface area contributed by atoms with E-state index in [0.29, 0.717) is 22.5 Å². The highest BCUT2D eigenvalue weighted by Gasteiger charge is 2.20. The second-order valence-corrected chi connectivity index (χ2v) is 6.17. The topological polar surface area (TPSA) is 91.4 Å². The van der Waals surface area contributed by atoms with Gasteiger partial charge in [0.25, 0.3) is 11.8 Å². The Morgan fingerprint density at radius 1 is 0.923 bits per heavy atom. The molecule has 3 rings (SSSR count). The molecule has 3 amide bonds. The molecule has 0 unspecified atom stereocenters. The fourth-order valence-corrected chi connectivity index (χ4v) is 2.83. The van der Waals surface area contributed by atoms with Crippen LogP contribution < -0.4 is 10.6 Å². The Hall–Kier alpha value is -3.22. The van der Waals surface area contributed by atoms with Crippen molar-refractivity contribution in [1.82, 2.24) is 9.88 Å². The Morgan fingerprint density at radius 2 is 1.50 bits per heavy atom. The lowest BCUT2D eigenvalue weighted by Crippen LogP contribution is -2.28. The lowest BCUT2D eigenvalue weighted by atomic mass is 10.1. The van der Waals surface area contributed by atoms with E-state index in [1.807, 2.05) is 0 Å². The predicted octanol–water partition coefficient (Wildman–Crippen LogP) is 2.53. The highest BCUT2D eigenvalue weighted by Crippen LogP contribution is 2.16. The summed E-state index contributed by atoms with van der Waals surface area (Å²) in [5.74, 6) is -0.600. The maximum Gasteiger partial charge on any atom is 0.257 e. The van der Waals surface area contributed by atoms with Gasteiger partial charge in [0.1, 0.15) is 0 Å². The second-order valence-electron chi connectivity index (χ2n) is 6.17. The van der Waals surface area contributed by atoms with Crippen LogP contribution >= 0.6 is 0 Å². The first-order valence-electron chi connectivity index (χ1n) is 8.46. The number of pyridine rings is 1. The van der Waals surface area contributed by atoms with Crippen molar-refractivity contribution in [2.24, 2.45) is 0 Å². The summed E-state index contributed by atoms with van der Waals surface area (Å²) in [4.78, 5) is 41.7. The normalized spacial score (nSPS) is 13.3. The van der Waals surface area contributed by atoms with Crippen molar-refractivity contribution in [2.75, 3.05) is 23.7 Å². The molecule has 1 fully saturated rings. The SMILES string of the molecule is CC(=O)Nc1ccc(NC(=O)c2cncc(C(=O)N3CCCC3)c2)cc1. The van der Waals surface area contributed by atoms with Crippen molar-refractivity contribution in [3.63, 3.8) is 0 Å². The number of hydrogen-bond donors (Lipinski definition) is 2. The number of carbonyl (C=O) groups is 3. The number of likely N-dealkylation sites (tertiary alicyclic amines) is 1. The van der Waals surface area contributed by atoms with Crippen LogP contribution in [-0.2, 0) is 4.79 Å². The molecule has 0 aliphatic carbocycles. The molecule has 1 saturated heterocycles. The van der Waals surface area contributed by atoms with E-state index in [1.54, 1.807) is 35.2 Å². The number of hydrogen-bond acceptors (Lipinski definition) is 4.